The van der Waals surface area contributed by atoms with Gasteiger partial charge in [-0.2, -0.15) is 5.26 Å². The molecule has 1 rings (SSSR count). The number of amides is 1. The van der Waals surface area contributed by atoms with Crippen LogP contribution in [-0.2, 0) is 9.53 Å². The molecule has 1 fully saturated rings. The van der Waals surface area contributed by atoms with E-state index in [-0.39, 0.29) is 5.91 Å². The van der Waals surface area contributed by atoms with E-state index in [0.717, 1.165) is 38.4 Å². The summed E-state index contributed by atoms with van der Waals surface area (Å²) in [5.41, 5.74) is 0.985. The van der Waals surface area contributed by atoms with Gasteiger partial charge in [-0.05, 0) is 13.8 Å². The molecule has 0 saturated carbocycles. The van der Waals surface area contributed by atoms with Crippen molar-refractivity contribution in [2.45, 2.75) is 20.3 Å². The van der Waals surface area contributed by atoms with E-state index in [1.807, 2.05) is 13.8 Å². The molecule has 1 aliphatic rings. The molecule has 0 bridgehead atoms. The maximum atomic E-state index is 12.0. The maximum absolute atomic E-state index is 12.0. The van der Waals surface area contributed by atoms with Crippen LogP contribution >= 0.6 is 0 Å². The normalized spacial score (nSPS) is 15.6. The van der Waals surface area contributed by atoms with Crippen LogP contribution in [0.25, 0.3) is 0 Å². The second-order valence-corrected chi connectivity index (χ2v) is 4.91. The SMILES string of the molecule is CC(C)=CC(=O)N(CCC#N)CCN1CCOCC1. The summed E-state index contributed by atoms with van der Waals surface area (Å²) in [6.07, 6.45) is 2.02. The van der Waals surface area contributed by atoms with E-state index in [1.54, 1.807) is 11.0 Å². The molecule has 106 valence electrons. The lowest BCUT2D eigenvalue weighted by Gasteiger charge is -2.29. The summed E-state index contributed by atoms with van der Waals surface area (Å²) < 4.78 is 5.30. The van der Waals surface area contributed by atoms with Gasteiger partial charge < -0.3 is 9.64 Å². The Bertz CT molecular complexity index is 350. The van der Waals surface area contributed by atoms with Crippen molar-refractivity contribution in [3.8, 4) is 6.07 Å². The lowest BCUT2D eigenvalue weighted by molar-refractivity contribution is -0.126. The highest BCUT2D eigenvalue weighted by atomic mass is 16.5. The first kappa shape index (κ1) is 15.7. The van der Waals surface area contributed by atoms with Crippen LogP contribution in [0.3, 0.4) is 0 Å². The molecule has 0 aromatic heterocycles. The highest BCUT2D eigenvalue weighted by Crippen LogP contribution is 2.01. The quantitative estimate of drug-likeness (QED) is 0.673. The Hall–Kier alpha value is -1.38. The van der Waals surface area contributed by atoms with Crippen molar-refractivity contribution in [1.29, 1.82) is 5.26 Å². The molecular formula is C14H23N3O2. The number of carbonyl (C=O) groups is 1. The third kappa shape index (κ3) is 6.37. The van der Waals surface area contributed by atoms with Crippen LogP contribution in [0.1, 0.15) is 20.3 Å². The molecule has 0 atom stereocenters. The molecule has 1 saturated heterocycles. The number of ether oxygens (including phenoxy) is 1. The highest BCUT2D eigenvalue weighted by Gasteiger charge is 2.15. The van der Waals surface area contributed by atoms with E-state index in [1.165, 1.54) is 0 Å². The van der Waals surface area contributed by atoms with Gasteiger partial charge in [-0.3, -0.25) is 9.69 Å². The summed E-state index contributed by atoms with van der Waals surface area (Å²) in [5, 5.41) is 8.67. The predicted molar refractivity (Wildman–Crippen MR) is 73.5 cm³/mol. The van der Waals surface area contributed by atoms with Gasteiger partial charge in [0.1, 0.15) is 0 Å². The Labute approximate surface area is 115 Å². The van der Waals surface area contributed by atoms with Crippen LogP contribution in [0.5, 0.6) is 0 Å². The standard InChI is InChI=1S/C14H23N3O2/c1-13(2)12-14(18)17(5-3-4-15)7-6-16-8-10-19-11-9-16/h12H,3,5-11H2,1-2H3. The van der Waals surface area contributed by atoms with Gasteiger partial charge in [0.05, 0.1) is 25.7 Å². The van der Waals surface area contributed by atoms with Gasteiger partial charge in [0.15, 0.2) is 0 Å². The second-order valence-electron chi connectivity index (χ2n) is 4.91. The number of morpholine rings is 1. The molecule has 5 heteroatoms. The van der Waals surface area contributed by atoms with Crippen molar-refractivity contribution in [2.24, 2.45) is 0 Å². The first-order valence-corrected chi connectivity index (χ1v) is 6.74. The largest absolute Gasteiger partial charge is 0.379 e. The molecule has 0 aliphatic carbocycles. The predicted octanol–water partition coefficient (Wildman–Crippen LogP) is 1.03. The number of nitriles is 1. The van der Waals surface area contributed by atoms with Crippen molar-refractivity contribution < 1.29 is 9.53 Å². The highest BCUT2D eigenvalue weighted by molar-refractivity contribution is 5.88. The fourth-order valence-corrected chi connectivity index (χ4v) is 1.94. The van der Waals surface area contributed by atoms with Crippen LogP contribution in [-0.4, -0.2) is 61.6 Å². The van der Waals surface area contributed by atoms with Crippen molar-refractivity contribution in [1.82, 2.24) is 9.80 Å². The summed E-state index contributed by atoms with van der Waals surface area (Å²) in [4.78, 5) is 16.1. The molecule has 19 heavy (non-hydrogen) atoms. The molecule has 0 N–H and O–H groups in total. The van der Waals surface area contributed by atoms with E-state index in [0.29, 0.717) is 19.5 Å². The first-order chi connectivity index (χ1) is 9.13. The minimum absolute atomic E-state index is 0.00325. The molecule has 0 unspecified atom stereocenters. The first-order valence-electron chi connectivity index (χ1n) is 6.74. The van der Waals surface area contributed by atoms with Gasteiger partial charge in [0, 0.05) is 38.8 Å². The zero-order chi connectivity index (χ0) is 14.1. The van der Waals surface area contributed by atoms with Crippen LogP contribution in [0.2, 0.25) is 0 Å². The summed E-state index contributed by atoms with van der Waals surface area (Å²) in [6.45, 7) is 9.20. The average molecular weight is 265 g/mol. The number of rotatable bonds is 6. The van der Waals surface area contributed by atoms with Crippen LogP contribution < -0.4 is 0 Å². The molecule has 1 amide bonds. The summed E-state index contributed by atoms with van der Waals surface area (Å²) in [6, 6.07) is 2.10. The van der Waals surface area contributed by atoms with Gasteiger partial charge in [-0.1, -0.05) is 5.57 Å². The Morgan fingerprint density at radius 3 is 2.63 bits per heavy atom. The van der Waals surface area contributed by atoms with Gasteiger partial charge in [-0.25, -0.2) is 0 Å². The Morgan fingerprint density at radius 1 is 1.37 bits per heavy atom. The monoisotopic (exact) mass is 265 g/mol. The van der Waals surface area contributed by atoms with E-state index >= 15 is 0 Å². The number of nitrogens with zero attached hydrogens (tertiary/aromatic N) is 3. The average Bonchev–Trinajstić information content (AvgIpc) is 2.39. The van der Waals surface area contributed by atoms with Crippen molar-refractivity contribution in [3.05, 3.63) is 11.6 Å². The van der Waals surface area contributed by atoms with E-state index in [2.05, 4.69) is 11.0 Å². The van der Waals surface area contributed by atoms with Gasteiger partial charge in [0.2, 0.25) is 5.91 Å². The maximum Gasteiger partial charge on any atom is 0.246 e. The van der Waals surface area contributed by atoms with Crippen molar-refractivity contribution in [3.63, 3.8) is 0 Å². The minimum Gasteiger partial charge on any atom is -0.379 e. The van der Waals surface area contributed by atoms with E-state index in [4.69, 9.17) is 10.00 Å². The van der Waals surface area contributed by atoms with Crippen LogP contribution in [0.4, 0.5) is 0 Å². The fraction of sp³-hybridized carbons (Fsp3) is 0.714. The number of carbonyl (C=O) groups excluding carboxylic acids is 1. The fourth-order valence-electron chi connectivity index (χ4n) is 1.94. The molecule has 1 aliphatic heterocycles. The minimum atomic E-state index is 0.00325. The molecule has 0 spiro atoms. The number of hydrogen-bond donors (Lipinski definition) is 0. The van der Waals surface area contributed by atoms with Gasteiger partial charge in [0.25, 0.3) is 0 Å². The smallest absolute Gasteiger partial charge is 0.246 e. The van der Waals surface area contributed by atoms with Gasteiger partial charge in [-0.15, -0.1) is 0 Å². The molecular weight excluding hydrogens is 242 g/mol. The third-order valence-electron chi connectivity index (χ3n) is 3.01. The number of allylic oxidation sites excluding steroid dienone is 1. The Kier molecular flexibility index (Phi) is 7.16. The second kappa shape index (κ2) is 8.68. The zero-order valence-corrected chi connectivity index (χ0v) is 11.9. The summed E-state index contributed by atoms with van der Waals surface area (Å²) in [5.74, 6) is 0.00325. The van der Waals surface area contributed by atoms with Crippen LogP contribution in [0, 0.1) is 11.3 Å². The molecule has 0 aromatic carbocycles. The summed E-state index contributed by atoms with van der Waals surface area (Å²) >= 11 is 0. The van der Waals surface area contributed by atoms with Crippen LogP contribution in [0.15, 0.2) is 11.6 Å². The Balaban J connectivity index is 2.46. The lowest BCUT2D eigenvalue weighted by atomic mass is 10.3. The molecule has 1 heterocycles. The topological polar surface area (TPSA) is 56.6 Å². The van der Waals surface area contributed by atoms with Crippen molar-refractivity contribution >= 4 is 5.91 Å². The Morgan fingerprint density at radius 2 is 2.05 bits per heavy atom. The van der Waals surface area contributed by atoms with Gasteiger partial charge >= 0.3 is 0 Å². The molecule has 5 nitrogen and oxygen atoms in total. The van der Waals surface area contributed by atoms with E-state index < -0.39 is 0 Å². The zero-order valence-electron chi connectivity index (χ0n) is 11.9. The molecule has 0 aromatic rings. The third-order valence-corrected chi connectivity index (χ3v) is 3.01. The lowest BCUT2D eigenvalue weighted by Crippen LogP contribution is -2.43. The van der Waals surface area contributed by atoms with E-state index in [9.17, 15) is 4.79 Å². The summed E-state index contributed by atoms with van der Waals surface area (Å²) in [7, 11) is 0. The number of hydrogen-bond acceptors (Lipinski definition) is 4. The van der Waals surface area contributed by atoms with Crippen molar-refractivity contribution in [2.75, 3.05) is 45.9 Å². The molecule has 0 radical (unpaired) electrons.